The summed E-state index contributed by atoms with van der Waals surface area (Å²) in [6.07, 6.45) is 4.48. The third kappa shape index (κ3) is 8.26. The number of rotatable bonds is 8. The minimum atomic E-state index is -0.134. The molecule has 13 heavy (non-hydrogen) atoms. The number of aliphatic hydroxyl groups excluding tert-OH is 1. The van der Waals surface area contributed by atoms with Gasteiger partial charge in [0.25, 0.3) is 0 Å². The molecule has 0 aromatic heterocycles. The Morgan fingerprint density at radius 1 is 1.15 bits per heavy atom. The van der Waals surface area contributed by atoms with Crippen molar-refractivity contribution in [3.05, 3.63) is 0 Å². The molecule has 2 nitrogen and oxygen atoms in total. The van der Waals surface area contributed by atoms with Crippen LogP contribution in [-0.4, -0.2) is 35.7 Å². The lowest BCUT2D eigenvalue weighted by Gasteiger charge is -2.20. The van der Waals surface area contributed by atoms with Crippen molar-refractivity contribution in [1.29, 1.82) is 0 Å². The molecule has 0 aliphatic rings. The molecule has 2 heteroatoms. The van der Waals surface area contributed by atoms with Crippen molar-refractivity contribution in [3.63, 3.8) is 0 Å². The monoisotopic (exact) mass is 187 g/mol. The zero-order chi connectivity index (χ0) is 10.1. The molecular weight excluding hydrogens is 162 g/mol. The van der Waals surface area contributed by atoms with Crippen LogP contribution >= 0.6 is 0 Å². The fourth-order valence-electron chi connectivity index (χ4n) is 1.42. The highest BCUT2D eigenvalue weighted by atomic mass is 16.3. The van der Waals surface area contributed by atoms with Gasteiger partial charge in [-0.3, -0.25) is 0 Å². The number of nitrogens with zero attached hydrogens (tertiary/aromatic N) is 1. The van der Waals surface area contributed by atoms with Gasteiger partial charge in [-0.1, -0.05) is 20.3 Å². The van der Waals surface area contributed by atoms with Crippen molar-refractivity contribution in [1.82, 2.24) is 4.90 Å². The summed E-state index contributed by atoms with van der Waals surface area (Å²) in [4.78, 5) is 2.46. The first-order valence-electron chi connectivity index (χ1n) is 5.61. The van der Waals surface area contributed by atoms with Gasteiger partial charge in [0.1, 0.15) is 0 Å². The number of hydrogen-bond donors (Lipinski definition) is 1. The van der Waals surface area contributed by atoms with E-state index < -0.39 is 0 Å². The van der Waals surface area contributed by atoms with E-state index in [1.807, 2.05) is 6.92 Å². The summed E-state index contributed by atoms with van der Waals surface area (Å²) in [5.41, 5.74) is 0. The topological polar surface area (TPSA) is 23.5 Å². The standard InChI is InChI=1S/C11H25NO/c1-4-6-9-12(5-2)10-7-8-11(3)13/h11,13H,4-10H2,1-3H3. The maximum Gasteiger partial charge on any atom is 0.0512 e. The van der Waals surface area contributed by atoms with Crippen LogP contribution in [0.1, 0.15) is 46.5 Å². The summed E-state index contributed by atoms with van der Waals surface area (Å²) in [7, 11) is 0. The third-order valence-corrected chi connectivity index (χ3v) is 2.37. The first-order chi connectivity index (χ1) is 6.20. The van der Waals surface area contributed by atoms with Crippen LogP contribution in [0, 0.1) is 0 Å². The average Bonchev–Trinajstić information content (AvgIpc) is 2.10. The second-order valence-corrected chi connectivity index (χ2v) is 3.78. The predicted octanol–water partition coefficient (Wildman–Crippen LogP) is 2.27. The summed E-state index contributed by atoms with van der Waals surface area (Å²) < 4.78 is 0. The molecule has 1 unspecified atom stereocenters. The Labute approximate surface area is 82.9 Å². The summed E-state index contributed by atoms with van der Waals surface area (Å²) in [5, 5.41) is 9.10. The van der Waals surface area contributed by atoms with E-state index in [4.69, 9.17) is 5.11 Å². The Balaban J connectivity index is 3.36. The van der Waals surface area contributed by atoms with Gasteiger partial charge < -0.3 is 10.0 Å². The second kappa shape index (κ2) is 8.52. The van der Waals surface area contributed by atoms with Gasteiger partial charge in [0, 0.05) is 0 Å². The highest BCUT2D eigenvalue weighted by Crippen LogP contribution is 2.00. The van der Waals surface area contributed by atoms with Gasteiger partial charge in [0.05, 0.1) is 6.10 Å². The number of unbranched alkanes of at least 4 members (excludes halogenated alkanes) is 1. The van der Waals surface area contributed by atoms with Gasteiger partial charge in [-0.15, -0.1) is 0 Å². The van der Waals surface area contributed by atoms with Crippen molar-refractivity contribution in [3.8, 4) is 0 Å². The van der Waals surface area contributed by atoms with Crippen LogP contribution in [0.3, 0.4) is 0 Å². The highest BCUT2D eigenvalue weighted by molar-refractivity contribution is 4.57. The molecule has 0 aromatic rings. The Hall–Kier alpha value is -0.0800. The van der Waals surface area contributed by atoms with E-state index in [1.165, 1.54) is 19.4 Å². The van der Waals surface area contributed by atoms with Crippen molar-refractivity contribution in [2.45, 2.75) is 52.6 Å². The average molecular weight is 187 g/mol. The molecule has 80 valence electrons. The van der Waals surface area contributed by atoms with Gasteiger partial charge in [-0.05, 0) is 45.8 Å². The van der Waals surface area contributed by atoms with Crippen LogP contribution < -0.4 is 0 Å². The molecule has 1 N–H and O–H groups in total. The minimum Gasteiger partial charge on any atom is -0.393 e. The highest BCUT2D eigenvalue weighted by Gasteiger charge is 2.02. The maximum absolute atomic E-state index is 9.10. The van der Waals surface area contributed by atoms with E-state index in [2.05, 4.69) is 18.7 Å². The van der Waals surface area contributed by atoms with Crippen LogP contribution in [0.5, 0.6) is 0 Å². The molecule has 0 bridgehead atoms. The smallest absolute Gasteiger partial charge is 0.0512 e. The normalized spacial score (nSPS) is 13.6. The summed E-state index contributed by atoms with van der Waals surface area (Å²) in [6, 6.07) is 0. The third-order valence-electron chi connectivity index (χ3n) is 2.37. The number of aliphatic hydroxyl groups is 1. The number of hydrogen-bond acceptors (Lipinski definition) is 2. The van der Waals surface area contributed by atoms with Crippen molar-refractivity contribution < 1.29 is 5.11 Å². The zero-order valence-electron chi connectivity index (χ0n) is 9.42. The zero-order valence-corrected chi connectivity index (χ0v) is 9.42. The van der Waals surface area contributed by atoms with E-state index in [9.17, 15) is 0 Å². The van der Waals surface area contributed by atoms with Crippen molar-refractivity contribution in [2.24, 2.45) is 0 Å². The van der Waals surface area contributed by atoms with Crippen molar-refractivity contribution >= 4 is 0 Å². The summed E-state index contributed by atoms with van der Waals surface area (Å²) in [6.45, 7) is 9.79. The molecule has 0 aliphatic heterocycles. The van der Waals surface area contributed by atoms with Gasteiger partial charge in [-0.25, -0.2) is 0 Å². The summed E-state index contributed by atoms with van der Waals surface area (Å²) in [5.74, 6) is 0. The van der Waals surface area contributed by atoms with Gasteiger partial charge in [-0.2, -0.15) is 0 Å². The SMILES string of the molecule is CCCCN(CC)CCCC(C)O. The van der Waals surface area contributed by atoms with Gasteiger partial charge in [0.2, 0.25) is 0 Å². The van der Waals surface area contributed by atoms with Gasteiger partial charge in [0.15, 0.2) is 0 Å². The Kier molecular flexibility index (Phi) is 8.46. The van der Waals surface area contributed by atoms with Crippen LogP contribution in [-0.2, 0) is 0 Å². The van der Waals surface area contributed by atoms with E-state index in [0.29, 0.717) is 0 Å². The van der Waals surface area contributed by atoms with Crippen LogP contribution in [0.25, 0.3) is 0 Å². The van der Waals surface area contributed by atoms with E-state index >= 15 is 0 Å². The Bertz CT molecular complexity index is 104. The molecule has 0 fully saturated rings. The van der Waals surface area contributed by atoms with E-state index in [1.54, 1.807) is 0 Å². The molecule has 1 atom stereocenters. The fraction of sp³-hybridized carbons (Fsp3) is 1.00. The summed E-state index contributed by atoms with van der Waals surface area (Å²) >= 11 is 0. The van der Waals surface area contributed by atoms with E-state index in [0.717, 1.165) is 25.9 Å². The molecule has 0 radical (unpaired) electrons. The lowest BCUT2D eigenvalue weighted by Crippen LogP contribution is -2.26. The molecule has 0 aliphatic carbocycles. The maximum atomic E-state index is 9.10. The second-order valence-electron chi connectivity index (χ2n) is 3.78. The lowest BCUT2D eigenvalue weighted by molar-refractivity contribution is 0.171. The van der Waals surface area contributed by atoms with Gasteiger partial charge >= 0.3 is 0 Å². The molecule has 0 rings (SSSR count). The Morgan fingerprint density at radius 2 is 1.77 bits per heavy atom. The quantitative estimate of drug-likeness (QED) is 0.630. The molecule has 0 saturated carbocycles. The predicted molar refractivity (Wildman–Crippen MR) is 57.9 cm³/mol. The minimum absolute atomic E-state index is 0.134. The Morgan fingerprint density at radius 3 is 2.23 bits per heavy atom. The van der Waals surface area contributed by atoms with Crippen molar-refractivity contribution in [2.75, 3.05) is 19.6 Å². The first kappa shape index (κ1) is 12.9. The first-order valence-corrected chi connectivity index (χ1v) is 5.61. The molecule has 0 aromatic carbocycles. The van der Waals surface area contributed by atoms with Crippen LogP contribution in [0.4, 0.5) is 0 Å². The molecular formula is C11H25NO. The van der Waals surface area contributed by atoms with Crippen LogP contribution in [0.15, 0.2) is 0 Å². The van der Waals surface area contributed by atoms with Crippen LogP contribution in [0.2, 0.25) is 0 Å². The molecule has 0 amide bonds. The fourth-order valence-corrected chi connectivity index (χ4v) is 1.42. The molecule has 0 saturated heterocycles. The molecule has 0 heterocycles. The lowest BCUT2D eigenvalue weighted by atomic mass is 10.2. The van der Waals surface area contributed by atoms with E-state index in [-0.39, 0.29) is 6.10 Å². The largest absolute Gasteiger partial charge is 0.393 e. The molecule has 0 spiro atoms.